The topological polar surface area (TPSA) is 40.1 Å². The molecule has 0 fully saturated rings. The largest absolute Gasteiger partial charge is 0.452 e. The van der Waals surface area contributed by atoms with E-state index < -0.39 is 0 Å². The van der Waals surface area contributed by atoms with Gasteiger partial charge in [0.1, 0.15) is 5.76 Å². The Hall–Kier alpha value is -1.75. The minimum atomic E-state index is -0.00350. The van der Waals surface area contributed by atoms with E-state index in [-0.39, 0.29) is 5.69 Å². The van der Waals surface area contributed by atoms with E-state index in [9.17, 15) is 4.79 Å². The second-order valence-corrected chi connectivity index (χ2v) is 5.09. The van der Waals surface area contributed by atoms with Gasteiger partial charge in [-0.3, -0.25) is 9.13 Å². The number of hydrogen-bond acceptors (Lipinski definition) is 2. The van der Waals surface area contributed by atoms with Gasteiger partial charge in [0.2, 0.25) is 0 Å². The molecule has 0 aliphatic carbocycles. The van der Waals surface area contributed by atoms with Gasteiger partial charge in [-0.05, 0) is 47.1 Å². The molecule has 0 unspecified atom stereocenters. The highest BCUT2D eigenvalue weighted by Crippen LogP contribution is 2.18. The smallest absolute Gasteiger partial charge is 0.329 e. The molecular formula is C14H13BrN2O2. The SMILES string of the molecule is CCn1c(=O)n(Cc2ccc(Br)o2)c2ccccc21. The highest BCUT2D eigenvalue weighted by molar-refractivity contribution is 9.10. The van der Waals surface area contributed by atoms with E-state index in [0.29, 0.717) is 17.8 Å². The average molecular weight is 321 g/mol. The second-order valence-electron chi connectivity index (χ2n) is 4.31. The molecule has 3 aromatic rings. The fourth-order valence-electron chi connectivity index (χ4n) is 2.32. The lowest BCUT2D eigenvalue weighted by Crippen LogP contribution is -2.24. The number of aryl methyl sites for hydroxylation is 1. The van der Waals surface area contributed by atoms with Crippen LogP contribution in [0.4, 0.5) is 0 Å². The third kappa shape index (κ3) is 2.04. The van der Waals surface area contributed by atoms with Crippen LogP contribution in [-0.2, 0) is 13.1 Å². The van der Waals surface area contributed by atoms with Crippen LogP contribution in [0, 0.1) is 0 Å². The van der Waals surface area contributed by atoms with E-state index in [2.05, 4.69) is 15.9 Å². The first-order valence-corrected chi connectivity index (χ1v) is 6.92. The van der Waals surface area contributed by atoms with Gasteiger partial charge >= 0.3 is 5.69 Å². The van der Waals surface area contributed by atoms with Crippen molar-refractivity contribution in [2.75, 3.05) is 0 Å². The first-order chi connectivity index (χ1) is 9.20. The average Bonchev–Trinajstić information content (AvgIpc) is 2.93. The zero-order chi connectivity index (χ0) is 13.4. The molecule has 0 atom stereocenters. The highest BCUT2D eigenvalue weighted by Gasteiger charge is 2.12. The van der Waals surface area contributed by atoms with Gasteiger partial charge in [0.15, 0.2) is 4.67 Å². The maximum absolute atomic E-state index is 12.4. The molecule has 19 heavy (non-hydrogen) atoms. The zero-order valence-corrected chi connectivity index (χ0v) is 12.1. The highest BCUT2D eigenvalue weighted by atomic mass is 79.9. The Morgan fingerprint density at radius 2 is 1.79 bits per heavy atom. The summed E-state index contributed by atoms with van der Waals surface area (Å²) >= 11 is 3.27. The predicted molar refractivity (Wildman–Crippen MR) is 77.4 cm³/mol. The molecule has 2 heterocycles. The van der Waals surface area contributed by atoms with E-state index in [1.54, 1.807) is 9.13 Å². The Labute approximate surface area is 118 Å². The first-order valence-electron chi connectivity index (χ1n) is 6.13. The third-order valence-corrected chi connectivity index (χ3v) is 3.61. The number of furan rings is 1. The summed E-state index contributed by atoms with van der Waals surface area (Å²) in [5.41, 5.74) is 1.89. The van der Waals surface area contributed by atoms with Crippen LogP contribution in [-0.4, -0.2) is 9.13 Å². The van der Waals surface area contributed by atoms with Gasteiger partial charge in [-0.15, -0.1) is 0 Å². The fourth-order valence-corrected chi connectivity index (χ4v) is 2.66. The maximum Gasteiger partial charge on any atom is 0.329 e. The molecular weight excluding hydrogens is 308 g/mol. The van der Waals surface area contributed by atoms with E-state index in [1.807, 2.05) is 43.3 Å². The molecule has 0 aliphatic heterocycles. The lowest BCUT2D eigenvalue weighted by molar-refractivity contribution is 0.471. The predicted octanol–water partition coefficient (Wildman–Crippen LogP) is 3.23. The molecule has 0 N–H and O–H groups in total. The van der Waals surface area contributed by atoms with Crippen molar-refractivity contribution in [3.05, 3.63) is 57.3 Å². The van der Waals surface area contributed by atoms with Gasteiger partial charge in [-0.2, -0.15) is 0 Å². The summed E-state index contributed by atoms with van der Waals surface area (Å²) in [6, 6.07) is 11.5. The van der Waals surface area contributed by atoms with Crippen LogP contribution in [0.5, 0.6) is 0 Å². The van der Waals surface area contributed by atoms with Crippen molar-refractivity contribution in [2.24, 2.45) is 0 Å². The van der Waals surface area contributed by atoms with Crippen LogP contribution in [0.3, 0.4) is 0 Å². The molecule has 0 saturated carbocycles. The molecule has 0 radical (unpaired) electrons. The van der Waals surface area contributed by atoms with Crippen molar-refractivity contribution in [3.63, 3.8) is 0 Å². The minimum Gasteiger partial charge on any atom is -0.452 e. The van der Waals surface area contributed by atoms with Crippen molar-refractivity contribution in [3.8, 4) is 0 Å². The van der Waals surface area contributed by atoms with Crippen molar-refractivity contribution < 1.29 is 4.42 Å². The van der Waals surface area contributed by atoms with Crippen molar-refractivity contribution in [1.82, 2.24) is 9.13 Å². The molecule has 0 saturated heterocycles. The van der Waals surface area contributed by atoms with Crippen molar-refractivity contribution in [2.45, 2.75) is 20.0 Å². The molecule has 0 aliphatic rings. The van der Waals surface area contributed by atoms with Crippen LogP contribution in [0.25, 0.3) is 11.0 Å². The number of benzene rings is 1. The van der Waals surface area contributed by atoms with E-state index in [0.717, 1.165) is 16.8 Å². The quantitative estimate of drug-likeness (QED) is 0.743. The Bertz CT molecular complexity index is 782. The Kier molecular flexibility index (Phi) is 3.06. The molecule has 2 aromatic heterocycles. The van der Waals surface area contributed by atoms with Crippen molar-refractivity contribution >= 4 is 27.0 Å². The third-order valence-electron chi connectivity index (χ3n) is 3.18. The van der Waals surface area contributed by atoms with Crippen LogP contribution < -0.4 is 5.69 Å². The lowest BCUT2D eigenvalue weighted by Gasteiger charge is -1.99. The normalized spacial score (nSPS) is 11.3. The minimum absolute atomic E-state index is 0.00350. The number of rotatable bonds is 3. The summed E-state index contributed by atoms with van der Waals surface area (Å²) in [4.78, 5) is 12.4. The molecule has 98 valence electrons. The maximum atomic E-state index is 12.4. The zero-order valence-electron chi connectivity index (χ0n) is 10.5. The van der Waals surface area contributed by atoms with Crippen molar-refractivity contribution in [1.29, 1.82) is 0 Å². The van der Waals surface area contributed by atoms with Gasteiger partial charge in [-0.1, -0.05) is 12.1 Å². The number of aromatic nitrogens is 2. The van der Waals surface area contributed by atoms with Crippen LogP contribution >= 0.6 is 15.9 Å². The summed E-state index contributed by atoms with van der Waals surface area (Å²) in [7, 11) is 0. The first kappa shape index (κ1) is 12.3. The summed E-state index contributed by atoms with van der Waals surface area (Å²) in [6.07, 6.45) is 0. The van der Waals surface area contributed by atoms with Gasteiger partial charge < -0.3 is 4.42 Å². The van der Waals surface area contributed by atoms with Crippen LogP contribution in [0.1, 0.15) is 12.7 Å². The second kappa shape index (κ2) is 4.74. The Morgan fingerprint density at radius 1 is 1.11 bits per heavy atom. The Morgan fingerprint density at radius 3 is 2.37 bits per heavy atom. The molecule has 0 spiro atoms. The van der Waals surface area contributed by atoms with Gasteiger partial charge in [0.05, 0.1) is 17.6 Å². The molecule has 0 bridgehead atoms. The van der Waals surface area contributed by atoms with Crippen LogP contribution in [0.15, 0.2) is 50.3 Å². The van der Waals surface area contributed by atoms with Gasteiger partial charge in [-0.25, -0.2) is 4.79 Å². The standard InChI is InChI=1S/C14H13BrN2O2/c1-2-16-11-5-3-4-6-12(11)17(14(16)18)9-10-7-8-13(15)19-10/h3-8H,2,9H2,1H3. The fraction of sp³-hybridized carbons (Fsp3) is 0.214. The number of halogens is 1. The lowest BCUT2D eigenvalue weighted by atomic mass is 10.3. The van der Waals surface area contributed by atoms with Gasteiger partial charge in [0, 0.05) is 6.54 Å². The summed E-state index contributed by atoms with van der Waals surface area (Å²) in [5, 5.41) is 0. The summed E-state index contributed by atoms with van der Waals surface area (Å²) in [6.45, 7) is 3.08. The van der Waals surface area contributed by atoms with E-state index in [1.165, 1.54) is 0 Å². The molecule has 1 aromatic carbocycles. The Balaban J connectivity index is 2.18. The summed E-state index contributed by atoms with van der Waals surface area (Å²) < 4.78 is 9.67. The van der Waals surface area contributed by atoms with Gasteiger partial charge in [0.25, 0.3) is 0 Å². The number of para-hydroxylation sites is 2. The number of imidazole rings is 1. The number of nitrogens with zero attached hydrogens (tertiary/aromatic N) is 2. The summed E-state index contributed by atoms with van der Waals surface area (Å²) in [5.74, 6) is 0.757. The van der Waals surface area contributed by atoms with E-state index >= 15 is 0 Å². The monoisotopic (exact) mass is 320 g/mol. The molecule has 3 rings (SSSR count). The number of fused-ring (bicyclic) bond motifs is 1. The van der Waals surface area contributed by atoms with Crippen LogP contribution in [0.2, 0.25) is 0 Å². The van der Waals surface area contributed by atoms with E-state index in [4.69, 9.17) is 4.42 Å². The molecule has 4 nitrogen and oxygen atoms in total. The molecule has 0 amide bonds. The molecule has 5 heteroatoms. The number of hydrogen-bond donors (Lipinski definition) is 0.